The molecule has 1 heterocycles. The number of aromatic nitrogens is 2. The Morgan fingerprint density at radius 1 is 1.38 bits per heavy atom. The standard InChI is InChI=1S/C17H21N3O3S/c1-12(16(22)18-9-8-13-6-4-3-5-7-13)24-17-19-14(11-23-2)10-15(21)20-17/h3-7,10,12H,8-9,11H2,1-2H3,(H,18,22)(H,19,20,21). The topological polar surface area (TPSA) is 84.1 Å². The fraction of sp³-hybridized carbons (Fsp3) is 0.353. The second-order valence-corrected chi connectivity index (χ2v) is 6.59. The molecule has 0 spiro atoms. The summed E-state index contributed by atoms with van der Waals surface area (Å²) in [5.74, 6) is -0.0873. The van der Waals surface area contributed by atoms with E-state index in [4.69, 9.17) is 4.74 Å². The highest BCUT2D eigenvalue weighted by Gasteiger charge is 2.15. The first-order valence-electron chi connectivity index (χ1n) is 7.66. The lowest BCUT2D eigenvalue weighted by atomic mass is 10.1. The Morgan fingerprint density at radius 3 is 2.83 bits per heavy atom. The second kappa shape index (κ2) is 9.24. The number of aromatic amines is 1. The lowest BCUT2D eigenvalue weighted by molar-refractivity contribution is -0.120. The van der Waals surface area contributed by atoms with Crippen molar-refractivity contribution in [1.82, 2.24) is 15.3 Å². The van der Waals surface area contributed by atoms with E-state index in [0.29, 0.717) is 17.4 Å². The van der Waals surface area contributed by atoms with Gasteiger partial charge in [-0.05, 0) is 18.9 Å². The fourth-order valence-corrected chi connectivity index (χ4v) is 2.96. The van der Waals surface area contributed by atoms with Crippen LogP contribution in [0.1, 0.15) is 18.2 Å². The maximum absolute atomic E-state index is 12.2. The molecule has 1 amide bonds. The first kappa shape index (κ1) is 18.2. The zero-order chi connectivity index (χ0) is 17.4. The smallest absolute Gasteiger partial charge is 0.251 e. The molecular weight excluding hydrogens is 326 g/mol. The third-order valence-electron chi connectivity index (χ3n) is 3.28. The number of ether oxygens (including phenoxy) is 1. The summed E-state index contributed by atoms with van der Waals surface area (Å²) in [4.78, 5) is 30.7. The number of methoxy groups -OCH3 is 1. The summed E-state index contributed by atoms with van der Waals surface area (Å²) >= 11 is 1.22. The zero-order valence-corrected chi connectivity index (χ0v) is 14.6. The van der Waals surface area contributed by atoms with Crippen molar-refractivity contribution in [1.29, 1.82) is 0 Å². The summed E-state index contributed by atoms with van der Waals surface area (Å²) in [6, 6.07) is 11.4. The highest BCUT2D eigenvalue weighted by molar-refractivity contribution is 8.00. The Bertz CT molecular complexity index is 719. The Morgan fingerprint density at radius 2 is 2.12 bits per heavy atom. The largest absolute Gasteiger partial charge is 0.378 e. The van der Waals surface area contributed by atoms with Gasteiger partial charge in [0.15, 0.2) is 5.16 Å². The quantitative estimate of drug-likeness (QED) is 0.561. The van der Waals surface area contributed by atoms with E-state index in [0.717, 1.165) is 6.42 Å². The van der Waals surface area contributed by atoms with Gasteiger partial charge >= 0.3 is 0 Å². The average Bonchev–Trinajstić information content (AvgIpc) is 2.55. The van der Waals surface area contributed by atoms with E-state index in [-0.39, 0.29) is 23.3 Å². The Labute approximate surface area is 145 Å². The van der Waals surface area contributed by atoms with E-state index in [2.05, 4.69) is 15.3 Å². The highest BCUT2D eigenvalue weighted by atomic mass is 32.2. The molecular formula is C17H21N3O3S. The molecule has 0 aliphatic carbocycles. The molecule has 0 saturated heterocycles. The summed E-state index contributed by atoms with van der Waals surface area (Å²) < 4.78 is 4.98. The third kappa shape index (κ3) is 5.82. The van der Waals surface area contributed by atoms with Crippen molar-refractivity contribution in [3.63, 3.8) is 0 Å². The van der Waals surface area contributed by atoms with Crippen LogP contribution in [-0.4, -0.2) is 34.8 Å². The second-order valence-electron chi connectivity index (χ2n) is 5.26. The molecule has 7 heteroatoms. The van der Waals surface area contributed by atoms with Crippen molar-refractivity contribution in [3.8, 4) is 0 Å². The molecule has 1 aromatic carbocycles. The van der Waals surface area contributed by atoms with Gasteiger partial charge in [0.1, 0.15) is 0 Å². The molecule has 0 radical (unpaired) electrons. The number of nitrogens with one attached hydrogen (secondary N) is 2. The number of H-pyrrole nitrogens is 1. The number of nitrogens with zero attached hydrogens (tertiary/aromatic N) is 1. The van der Waals surface area contributed by atoms with Crippen molar-refractivity contribution in [2.45, 2.75) is 30.4 Å². The predicted molar refractivity (Wildman–Crippen MR) is 94.0 cm³/mol. The molecule has 1 unspecified atom stereocenters. The van der Waals surface area contributed by atoms with Crippen LogP contribution >= 0.6 is 11.8 Å². The predicted octanol–water partition coefficient (Wildman–Crippen LogP) is 1.76. The molecule has 2 aromatic rings. The summed E-state index contributed by atoms with van der Waals surface area (Å²) in [6.07, 6.45) is 0.780. The van der Waals surface area contributed by atoms with Crippen LogP contribution in [0.25, 0.3) is 0 Å². The van der Waals surface area contributed by atoms with Crippen molar-refractivity contribution >= 4 is 17.7 Å². The molecule has 24 heavy (non-hydrogen) atoms. The van der Waals surface area contributed by atoms with Gasteiger partial charge in [-0.15, -0.1) is 0 Å². The van der Waals surface area contributed by atoms with Gasteiger partial charge in [-0.1, -0.05) is 42.1 Å². The van der Waals surface area contributed by atoms with E-state index in [1.54, 1.807) is 14.0 Å². The van der Waals surface area contributed by atoms with Crippen LogP contribution in [0.2, 0.25) is 0 Å². The first-order valence-corrected chi connectivity index (χ1v) is 8.54. The van der Waals surface area contributed by atoms with Gasteiger partial charge in [-0.3, -0.25) is 9.59 Å². The Hall–Kier alpha value is -2.12. The normalized spacial score (nSPS) is 11.9. The number of benzene rings is 1. The summed E-state index contributed by atoms with van der Waals surface area (Å²) in [6.45, 7) is 2.61. The van der Waals surface area contributed by atoms with Crippen molar-refractivity contribution < 1.29 is 9.53 Å². The van der Waals surface area contributed by atoms with Crippen LogP contribution in [0.15, 0.2) is 46.3 Å². The summed E-state index contributed by atoms with van der Waals surface area (Å²) in [5.41, 5.74) is 1.47. The highest BCUT2D eigenvalue weighted by Crippen LogP contribution is 2.18. The fourth-order valence-electron chi connectivity index (χ4n) is 2.10. The SMILES string of the molecule is COCc1cc(=O)[nH]c(SC(C)C(=O)NCCc2ccccc2)n1. The van der Waals surface area contributed by atoms with Crippen LogP contribution in [-0.2, 0) is 22.6 Å². The number of carbonyl (C=O) groups is 1. The number of hydrogen-bond donors (Lipinski definition) is 2. The molecule has 0 saturated carbocycles. The number of hydrogen-bond acceptors (Lipinski definition) is 5. The Kier molecular flexibility index (Phi) is 7.02. The van der Waals surface area contributed by atoms with E-state index in [1.165, 1.54) is 23.4 Å². The number of amides is 1. The summed E-state index contributed by atoms with van der Waals surface area (Å²) in [7, 11) is 1.54. The average molecular weight is 347 g/mol. The number of rotatable bonds is 8. The molecule has 1 atom stereocenters. The molecule has 0 aliphatic heterocycles. The van der Waals surface area contributed by atoms with Crippen LogP contribution < -0.4 is 10.9 Å². The summed E-state index contributed by atoms with van der Waals surface area (Å²) in [5, 5.41) is 2.96. The van der Waals surface area contributed by atoms with Crippen molar-refractivity contribution in [3.05, 3.63) is 58.0 Å². The van der Waals surface area contributed by atoms with Gasteiger partial charge in [0, 0.05) is 19.7 Å². The van der Waals surface area contributed by atoms with Gasteiger partial charge in [0.2, 0.25) is 5.91 Å². The lowest BCUT2D eigenvalue weighted by Gasteiger charge is -2.12. The molecule has 128 valence electrons. The number of thioether (sulfide) groups is 1. The van der Waals surface area contributed by atoms with Crippen LogP contribution in [0.4, 0.5) is 0 Å². The van der Waals surface area contributed by atoms with Gasteiger partial charge in [-0.25, -0.2) is 4.98 Å². The van der Waals surface area contributed by atoms with Crippen molar-refractivity contribution in [2.75, 3.05) is 13.7 Å². The van der Waals surface area contributed by atoms with E-state index >= 15 is 0 Å². The van der Waals surface area contributed by atoms with Gasteiger partial charge < -0.3 is 15.0 Å². The van der Waals surface area contributed by atoms with Crippen LogP contribution in [0, 0.1) is 0 Å². The molecule has 6 nitrogen and oxygen atoms in total. The van der Waals surface area contributed by atoms with Crippen molar-refractivity contribution in [2.24, 2.45) is 0 Å². The Balaban J connectivity index is 1.86. The third-order valence-corrected chi connectivity index (χ3v) is 4.26. The minimum absolute atomic E-state index is 0.0873. The molecule has 2 N–H and O–H groups in total. The monoisotopic (exact) mass is 347 g/mol. The van der Waals surface area contributed by atoms with Gasteiger partial charge in [0.05, 0.1) is 17.6 Å². The van der Waals surface area contributed by atoms with E-state index in [9.17, 15) is 9.59 Å². The molecule has 1 aromatic heterocycles. The maximum atomic E-state index is 12.2. The molecule has 0 fully saturated rings. The lowest BCUT2D eigenvalue weighted by Crippen LogP contribution is -2.32. The maximum Gasteiger partial charge on any atom is 0.251 e. The minimum atomic E-state index is -0.360. The van der Waals surface area contributed by atoms with Gasteiger partial charge in [0.25, 0.3) is 5.56 Å². The van der Waals surface area contributed by atoms with Gasteiger partial charge in [-0.2, -0.15) is 0 Å². The number of carbonyl (C=O) groups excluding carboxylic acids is 1. The van der Waals surface area contributed by atoms with Crippen LogP contribution in [0.3, 0.4) is 0 Å². The molecule has 2 rings (SSSR count). The van der Waals surface area contributed by atoms with Crippen LogP contribution in [0.5, 0.6) is 0 Å². The zero-order valence-electron chi connectivity index (χ0n) is 13.7. The van der Waals surface area contributed by atoms with E-state index < -0.39 is 0 Å². The molecule has 0 bridgehead atoms. The molecule has 0 aliphatic rings. The van der Waals surface area contributed by atoms with E-state index in [1.807, 2.05) is 30.3 Å². The first-order chi connectivity index (χ1) is 11.6. The minimum Gasteiger partial charge on any atom is -0.378 e.